The van der Waals surface area contributed by atoms with Crippen molar-refractivity contribution in [3.63, 3.8) is 0 Å². The molecule has 0 radical (unpaired) electrons. The van der Waals surface area contributed by atoms with Crippen LogP contribution < -0.4 is 0 Å². The zero-order valence-corrected chi connectivity index (χ0v) is 60.6. The summed E-state index contributed by atoms with van der Waals surface area (Å²) >= 11 is 4.14. The van der Waals surface area contributed by atoms with Gasteiger partial charge in [0.25, 0.3) is 0 Å². The van der Waals surface area contributed by atoms with Gasteiger partial charge in [-0.3, -0.25) is 0 Å². The Morgan fingerprint density at radius 2 is 0.566 bits per heavy atom. The van der Waals surface area contributed by atoms with Crippen molar-refractivity contribution in [1.82, 2.24) is 0 Å². The molecule has 7 heteroatoms. The van der Waals surface area contributed by atoms with E-state index in [9.17, 15) is 0 Å². The Balaban J connectivity index is 1.41. The van der Waals surface area contributed by atoms with Gasteiger partial charge in [0.05, 0.1) is 0 Å². The average Bonchev–Trinajstić information content (AvgIpc) is 1.63. The molecule has 0 amide bonds. The van der Waals surface area contributed by atoms with Gasteiger partial charge in [-0.2, -0.15) is 0 Å². The second-order valence-electron chi connectivity index (χ2n) is 26.9. The van der Waals surface area contributed by atoms with Crippen LogP contribution in [0.25, 0.3) is 23.8 Å². The number of hydrogen-bond donors (Lipinski definition) is 0. The first-order valence-electron chi connectivity index (χ1n) is 36.6. The predicted molar refractivity (Wildman–Crippen MR) is 379 cm³/mol. The SMILES string of the molecule is CCCCCCCCCCCCCC[Si]1(CCCCCCCCCCCCCC)C(=O)C2=C(c3ccc(-c4ccc(-c5ccc(C)s5)[se]4)s3)[Si](CCCCCCCCCCCCCC)(CCCCCCCCCCCCCC)C(=O)C2=C1C. The molecule has 5 heterocycles. The van der Waals surface area contributed by atoms with Crippen LogP contribution in [0.4, 0.5) is 0 Å². The van der Waals surface area contributed by atoms with Gasteiger partial charge < -0.3 is 0 Å². The fourth-order valence-electron chi connectivity index (χ4n) is 14.6. The normalized spacial score (nSPS) is 14.9. The van der Waals surface area contributed by atoms with Gasteiger partial charge in [-0.05, 0) is 0 Å². The van der Waals surface area contributed by atoms with Gasteiger partial charge in [0.2, 0.25) is 0 Å². The van der Waals surface area contributed by atoms with E-state index in [1.807, 2.05) is 22.7 Å². The molecule has 5 rings (SSSR count). The number of unbranched alkanes of at least 4 members (excludes halogenated alkanes) is 44. The summed E-state index contributed by atoms with van der Waals surface area (Å²) in [4.78, 5) is 38.3. The van der Waals surface area contributed by atoms with E-state index in [1.165, 1.54) is 321 Å². The Morgan fingerprint density at radius 3 is 0.880 bits per heavy atom. The minimum absolute atomic E-state index is 0.247. The zero-order valence-electron chi connectivity index (χ0n) is 55.3. The molecular formula is C76H128O2S2SeSi2. The molecule has 83 heavy (non-hydrogen) atoms. The van der Waals surface area contributed by atoms with Crippen LogP contribution in [-0.2, 0) is 9.59 Å². The molecule has 2 aliphatic heterocycles. The molecule has 3 aromatic heterocycles. The molecule has 2 aliphatic rings. The summed E-state index contributed by atoms with van der Waals surface area (Å²) in [5.41, 5.74) is 2.05. The van der Waals surface area contributed by atoms with Crippen molar-refractivity contribution in [1.29, 1.82) is 0 Å². The summed E-state index contributed by atoms with van der Waals surface area (Å²) in [5, 5.41) is 3.75. The van der Waals surface area contributed by atoms with Crippen molar-refractivity contribution in [2.45, 2.75) is 374 Å². The van der Waals surface area contributed by atoms with E-state index in [0.717, 1.165) is 61.0 Å². The van der Waals surface area contributed by atoms with Crippen molar-refractivity contribution in [2.24, 2.45) is 0 Å². The van der Waals surface area contributed by atoms with E-state index in [2.05, 4.69) is 77.9 Å². The molecule has 0 N–H and O–H groups in total. The Morgan fingerprint density at radius 1 is 0.301 bits per heavy atom. The van der Waals surface area contributed by atoms with Gasteiger partial charge in [-0.25, -0.2) is 0 Å². The molecule has 2 nitrogen and oxygen atoms in total. The van der Waals surface area contributed by atoms with Crippen molar-refractivity contribution in [2.75, 3.05) is 0 Å². The monoisotopic (exact) mass is 1270 g/mol. The standard InChI is InChI=1S/C76H128O2S2SeSi2/c1-7-11-15-19-23-27-31-35-39-43-47-51-61-82(62-52-48-44-40-36-32-28-24-20-16-12-8-2)66(6)72-73(76(82)78)74(69-58-57-68(80-69)71-60-59-70(81-71)67-56-55-65(5)79-67)83(75(72)77,63-53-49-45-41-37-33-29-25-21-17-13-9-3)64-54-50-46-42-38-34-30-26-22-18-14-10-4/h55-60H,7-54,61-64H2,1-6H3. The van der Waals surface area contributed by atoms with E-state index in [4.69, 9.17) is 0 Å². The molecule has 0 unspecified atom stereocenters. The van der Waals surface area contributed by atoms with Crippen LogP contribution in [0, 0.1) is 6.92 Å². The number of aryl methyl sites for hydroxylation is 1. The van der Waals surface area contributed by atoms with Gasteiger partial charge in [0.15, 0.2) is 0 Å². The van der Waals surface area contributed by atoms with Crippen molar-refractivity contribution < 1.29 is 9.59 Å². The van der Waals surface area contributed by atoms with E-state index >= 15 is 9.59 Å². The van der Waals surface area contributed by atoms with Crippen LogP contribution in [-0.4, -0.2) is 41.5 Å². The van der Waals surface area contributed by atoms with E-state index in [-0.39, 0.29) is 14.5 Å². The third-order valence-electron chi connectivity index (χ3n) is 19.9. The molecule has 0 spiro atoms. The molecule has 3 aromatic rings. The number of thiophene rings is 2. The van der Waals surface area contributed by atoms with Crippen molar-refractivity contribution in [3.05, 3.63) is 62.5 Å². The number of rotatable bonds is 55. The average molecular weight is 1270 g/mol. The molecule has 0 bridgehead atoms. The first-order valence-corrected chi connectivity index (χ1v) is 44.8. The van der Waals surface area contributed by atoms with Gasteiger partial charge in [0.1, 0.15) is 0 Å². The van der Waals surface area contributed by atoms with Crippen LogP contribution in [0.3, 0.4) is 0 Å². The zero-order chi connectivity index (χ0) is 59.1. The van der Waals surface area contributed by atoms with Crippen molar-refractivity contribution in [3.8, 4) is 18.6 Å². The van der Waals surface area contributed by atoms with Crippen LogP contribution in [0.15, 0.2) is 52.7 Å². The molecule has 0 saturated carbocycles. The summed E-state index contributed by atoms with van der Waals surface area (Å²) < 4.78 is 2.95. The molecule has 0 aromatic carbocycles. The van der Waals surface area contributed by atoms with Gasteiger partial charge >= 0.3 is 301 Å². The number of allylic oxidation sites excluding steroid dienone is 3. The van der Waals surface area contributed by atoms with E-state index < -0.39 is 16.1 Å². The molecule has 0 saturated heterocycles. The number of carbonyl (C=O) groups excluding carboxylic acids is 2. The van der Waals surface area contributed by atoms with Gasteiger partial charge in [-0.1, -0.05) is 233 Å². The fourth-order valence-corrected chi connectivity index (χ4v) is 30.1. The van der Waals surface area contributed by atoms with Crippen LogP contribution in [0.2, 0.25) is 24.2 Å². The summed E-state index contributed by atoms with van der Waals surface area (Å²) in [6, 6.07) is 18.4. The van der Waals surface area contributed by atoms with Gasteiger partial charge in [-0.15, -0.1) is 0 Å². The second-order valence-corrected chi connectivity index (χ2v) is 40.0. The Kier molecular flexibility index (Phi) is 38.5. The maximum atomic E-state index is 16.4. The Labute approximate surface area is 530 Å². The molecular weight excluding hydrogens is 1140 g/mol. The molecule has 0 aliphatic carbocycles. The number of carbonyl (C=O) groups is 2. The third-order valence-corrected chi connectivity index (χ3v) is 35.5. The topological polar surface area (TPSA) is 34.1 Å². The first kappa shape index (κ1) is 72.4. The summed E-state index contributed by atoms with van der Waals surface area (Å²) in [7, 11) is -5.44. The van der Waals surface area contributed by atoms with E-state index in [1.54, 1.807) is 0 Å². The van der Waals surface area contributed by atoms with Crippen LogP contribution in [0.1, 0.15) is 353 Å². The van der Waals surface area contributed by atoms with Crippen molar-refractivity contribution >= 4 is 69.3 Å². The predicted octanol–water partition coefficient (Wildman–Crippen LogP) is 26.6. The van der Waals surface area contributed by atoms with E-state index in [0.29, 0.717) is 10.8 Å². The third kappa shape index (κ3) is 24.9. The van der Waals surface area contributed by atoms with Crippen LogP contribution >= 0.6 is 22.7 Å². The maximum absolute atomic E-state index is 16.4. The summed E-state index contributed by atoms with van der Waals surface area (Å²) in [6.45, 7) is 13.9. The Hall–Kier alpha value is -1.35. The Bertz CT molecular complexity index is 2180. The number of hydrogen-bond acceptors (Lipinski definition) is 4. The first-order chi connectivity index (χ1) is 40.8. The molecule has 470 valence electrons. The molecule has 0 atom stereocenters. The molecule has 0 fully saturated rings. The fraction of sp³-hybridized carbons (Fsp3) is 0.763. The minimum atomic E-state index is -2.80. The quantitative estimate of drug-likeness (QED) is 0.0417. The summed E-state index contributed by atoms with van der Waals surface area (Å²) in [5.74, 6) is 0. The second kappa shape index (κ2) is 44.2. The van der Waals surface area contributed by atoms with Crippen LogP contribution in [0.5, 0.6) is 0 Å². The summed E-state index contributed by atoms with van der Waals surface area (Å²) in [6.07, 6.45) is 64.2. The van der Waals surface area contributed by atoms with Gasteiger partial charge in [0, 0.05) is 0 Å². The number of fused-ring (bicyclic) bond motifs is 1.